The van der Waals surface area contributed by atoms with E-state index in [0.29, 0.717) is 10.9 Å². The Labute approximate surface area is 124 Å². The number of nitrogens with one attached hydrogen (secondary N) is 1. The van der Waals surface area contributed by atoms with Crippen LogP contribution >= 0.6 is 11.6 Å². The minimum atomic E-state index is 0.494. The van der Waals surface area contributed by atoms with Crippen molar-refractivity contribution in [2.75, 3.05) is 19.0 Å². The second-order valence-corrected chi connectivity index (χ2v) is 5.66. The molecular weight excluding hydrogens is 270 g/mol. The number of benzene rings is 2. The van der Waals surface area contributed by atoms with Gasteiger partial charge in [0.15, 0.2) is 5.75 Å². The van der Waals surface area contributed by atoms with Gasteiger partial charge in [-0.1, -0.05) is 41.9 Å². The van der Waals surface area contributed by atoms with Crippen molar-refractivity contribution in [1.82, 2.24) is 0 Å². The molecule has 1 N–H and O–H groups in total. The molecule has 3 rings (SSSR count). The van der Waals surface area contributed by atoms with Crippen LogP contribution < -0.4 is 10.1 Å². The molecule has 0 saturated heterocycles. The quantitative estimate of drug-likeness (QED) is 0.883. The fraction of sp³-hybridized carbons (Fsp3) is 0.294. The largest absolute Gasteiger partial charge is 0.493 e. The van der Waals surface area contributed by atoms with Crippen LogP contribution in [0.1, 0.15) is 22.6 Å². The van der Waals surface area contributed by atoms with Crippen LogP contribution in [0.4, 0.5) is 5.69 Å². The maximum Gasteiger partial charge on any atom is 0.160 e. The Morgan fingerprint density at radius 2 is 2.00 bits per heavy atom. The van der Waals surface area contributed by atoms with Crippen molar-refractivity contribution in [2.45, 2.75) is 19.3 Å². The van der Waals surface area contributed by atoms with E-state index in [9.17, 15) is 0 Å². The first-order valence-electron chi connectivity index (χ1n) is 6.85. The minimum absolute atomic E-state index is 0.494. The third-order valence-corrected chi connectivity index (χ3v) is 4.30. The van der Waals surface area contributed by atoms with E-state index in [-0.39, 0.29) is 0 Å². The molecule has 2 aromatic rings. The summed E-state index contributed by atoms with van der Waals surface area (Å²) in [7, 11) is 1.67. The van der Waals surface area contributed by atoms with Gasteiger partial charge in [-0.15, -0.1) is 0 Å². The average Bonchev–Trinajstić information content (AvgIpc) is 2.48. The number of aryl methyl sites for hydroxylation is 1. The first-order chi connectivity index (χ1) is 9.70. The first kappa shape index (κ1) is 13.3. The van der Waals surface area contributed by atoms with Gasteiger partial charge in [0.05, 0.1) is 17.8 Å². The number of ether oxygens (including phenoxy) is 1. The van der Waals surface area contributed by atoms with E-state index in [1.54, 1.807) is 7.11 Å². The monoisotopic (exact) mass is 287 g/mol. The smallest absolute Gasteiger partial charge is 0.160 e. The summed E-state index contributed by atoms with van der Waals surface area (Å²) in [5.74, 6) is 1.26. The van der Waals surface area contributed by atoms with Crippen LogP contribution in [0.25, 0.3) is 0 Å². The van der Waals surface area contributed by atoms with Crippen molar-refractivity contribution < 1.29 is 4.74 Å². The molecule has 2 nitrogen and oxygen atoms in total. The van der Waals surface area contributed by atoms with Gasteiger partial charge in [-0.2, -0.15) is 0 Å². The van der Waals surface area contributed by atoms with Crippen LogP contribution in [-0.2, 0) is 6.42 Å². The molecule has 0 aliphatic carbocycles. The highest BCUT2D eigenvalue weighted by atomic mass is 35.5. The molecule has 1 unspecified atom stereocenters. The van der Waals surface area contributed by atoms with Crippen LogP contribution in [0, 0.1) is 6.92 Å². The van der Waals surface area contributed by atoms with E-state index in [2.05, 4.69) is 42.6 Å². The summed E-state index contributed by atoms with van der Waals surface area (Å²) in [6.45, 7) is 3.02. The number of methoxy groups -OCH3 is 1. The highest BCUT2D eigenvalue weighted by molar-refractivity contribution is 6.32. The number of halogens is 1. The fourth-order valence-corrected chi connectivity index (χ4v) is 3.29. The summed E-state index contributed by atoms with van der Waals surface area (Å²) in [6.07, 6.45) is 1.02. The zero-order valence-corrected chi connectivity index (χ0v) is 12.5. The molecule has 1 aliphatic rings. The van der Waals surface area contributed by atoms with Gasteiger partial charge in [-0.25, -0.2) is 0 Å². The summed E-state index contributed by atoms with van der Waals surface area (Å²) in [4.78, 5) is 0. The lowest BCUT2D eigenvalue weighted by Crippen LogP contribution is -2.23. The van der Waals surface area contributed by atoms with Crippen LogP contribution in [0.3, 0.4) is 0 Å². The van der Waals surface area contributed by atoms with E-state index in [1.807, 2.05) is 6.07 Å². The molecule has 104 valence electrons. The Morgan fingerprint density at radius 1 is 1.25 bits per heavy atom. The zero-order chi connectivity index (χ0) is 14.1. The van der Waals surface area contributed by atoms with E-state index >= 15 is 0 Å². The summed E-state index contributed by atoms with van der Waals surface area (Å²) in [5.41, 5.74) is 4.97. The number of hydrogen-bond acceptors (Lipinski definition) is 2. The average molecular weight is 288 g/mol. The third-order valence-electron chi connectivity index (χ3n) is 4.02. The van der Waals surface area contributed by atoms with Crippen LogP contribution in [-0.4, -0.2) is 13.7 Å². The maximum atomic E-state index is 6.25. The Bertz CT molecular complexity index is 625. The molecule has 0 fully saturated rings. The van der Waals surface area contributed by atoms with E-state index in [1.165, 1.54) is 16.7 Å². The Hall–Kier alpha value is -1.67. The predicted molar refractivity (Wildman–Crippen MR) is 84.1 cm³/mol. The van der Waals surface area contributed by atoms with Gasteiger partial charge in [0.2, 0.25) is 0 Å². The normalized spacial score (nSPS) is 17.2. The van der Waals surface area contributed by atoms with Crippen molar-refractivity contribution in [2.24, 2.45) is 0 Å². The first-order valence-corrected chi connectivity index (χ1v) is 7.23. The summed E-state index contributed by atoms with van der Waals surface area (Å²) >= 11 is 6.25. The fourth-order valence-electron chi connectivity index (χ4n) is 2.95. The standard InChI is InChI=1S/C17H18ClNO/c1-11-8-15(18)17(20-2)16-14(11)9-13(10-19-16)12-6-4-3-5-7-12/h3-8,13,19H,9-10H2,1-2H3. The van der Waals surface area contributed by atoms with Gasteiger partial charge in [0.25, 0.3) is 0 Å². The molecule has 20 heavy (non-hydrogen) atoms. The molecule has 2 aromatic carbocycles. The Kier molecular flexibility index (Phi) is 3.58. The highest BCUT2D eigenvalue weighted by Gasteiger charge is 2.25. The van der Waals surface area contributed by atoms with Gasteiger partial charge in [0, 0.05) is 12.5 Å². The van der Waals surface area contributed by atoms with Crippen LogP contribution in [0.5, 0.6) is 5.75 Å². The van der Waals surface area contributed by atoms with E-state index in [0.717, 1.165) is 24.4 Å². The summed E-state index contributed by atoms with van der Waals surface area (Å²) < 4.78 is 5.44. The molecule has 0 bridgehead atoms. The lowest BCUT2D eigenvalue weighted by atomic mass is 9.86. The number of fused-ring (bicyclic) bond motifs is 1. The van der Waals surface area contributed by atoms with Crippen molar-refractivity contribution in [3.63, 3.8) is 0 Å². The van der Waals surface area contributed by atoms with E-state index in [4.69, 9.17) is 16.3 Å². The molecule has 0 aromatic heterocycles. The van der Waals surface area contributed by atoms with Crippen molar-refractivity contribution in [3.05, 3.63) is 58.1 Å². The minimum Gasteiger partial charge on any atom is -0.493 e. The van der Waals surface area contributed by atoms with Gasteiger partial charge < -0.3 is 10.1 Å². The Balaban J connectivity index is 2.00. The van der Waals surface area contributed by atoms with Crippen LogP contribution in [0.15, 0.2) is 36.4 Å². The van der Waals surface area contributed by atoms with Crippen LogP contribution in [0.2, 0.25) is 5.02 Å². The topological polar surface area (TPSA) is 21.3 Å². The van der Waals surface area contributed by atoms with Crippen molar-refractivity contribution >= 4 is 17.3 Å². The van der Waals surface area contributed by atoms with Crippen molar-refractivity contribution in [1.29, 1.82) is 0 Å². The number of hydrogen-bond donors (Lipinski definition) is 1. The maximum absolute atomic E-state index is 6.25. The molecule has 0 saturated carbocycles. The van der Waals surface area contributed by atoms with Gasteiger partial charge in [-0.3, -0.25) is 0 Å². The second kappa shape index (κ2) is 5.37. The molecule has 0 spiro atoms. The number of anilines is 1. The molecule has 3 heteroatoms. The molecule has 0 radical (unpaired) electrons. The lowest BCUT2D eigenvalue weighted by Gasteiger charge is -2.29. The zero-order valence-electron chi connectivity index (χ0n) is 11.7. The van der Waals surface area contributed by atoms with Crippen molar-refractivity contribution in [3.8, 4) is 5.75 Å². The van der Waals surface area contributed by atoms with E-state index < -0.39 is 0 Å². The molecular formula is C17H18ClNO. The Morgan fingerprint density at radius 3 is 2.70 bits per heavy atom. The molecule has 1 atom stereocenters. The number of rotatable bonds is 2. The molecule has 0 amide bonds. The lowest BCUT2D eigenvalue weighted by molar-refractivity contribution is 0.415. The summed E-state index contributed by atoms with van der Waals surface area (Å²) in [5, 5.41) is 4.18. The molecule has 1 aliphatic heterocycles. The summed E-state index contributed by atoms with van der Waals surface area (Å²) in [6, 6.07) is 12.6. The highest BCUT2D eigenvalue weighted by Crippen LogP contribution is 2.42. The van der Waals surface area contributed by atoms with Gasteiger partial charge >= 0.3 is 0 Å². The van der Waals surface area contributed by atoms with Gasteiger partial charge in [-0.05, 0) is 36.1 Å². The third kappa shape index (κ3) is 2.25. The van der Waals surface area contributed by atoms with Gasteiger partial charge in [0.1, 0.15) is 0 Å². The SMILES string of the molecule is COc1c(Cl)cc(C)c2c1NCC(c1ccccc1)C2. The molecule has 1 heterocycles. The predicted octanol–water partition coefficient (Wildman–Crippen LogP) is 4.41. The second-order valence-electron chi connectivity index (χ2n) is 5.25.